The van der Waals surface area contributed by atoms with E-state index in [-0.39, 0.29) is 16.7 Å². The minimum Gasteiger partial charge on any atom is -0.442 e. The van der Waals surface area contributed by atoms with Gasteiger partial charge in [0.1, 0.15) is 11.1 Å². The van der Waals surface area contributed by atoms with Crippen molar-refractivity contribution in [1.82, 2.24) is 14.9 Å². The van der Waals surface area contributed by atoms with Crippen molar-refractivity contribution in [1.29, 1.82) is 0 Å². The van der Waals surface area contributed by atoms with Crippen LogP contribution in [0.15, 0.2) is 11.1 Å². The number of nitrogens with zero attached hydrogens (tertiary/aromatic N) is 2. The molecule has 1 aromatic heterocycles. The molecule has 0 bridgehead atoms. The number of hydrogen-bond acceptors (Lipinski definition) is 4. The molecule has 0 aliphatic carbocycles. The highest BCUT2D eigenvalue weighted by Crippen LogP contribution is 2.13. The monoisotopic (exact) mass is 263 g/mol. The molecule has 16 heavy (non-hydrogen) atoms. The maximum Gasteiger partial charge on any atom is 0.407 e. The zero-order chi connectivity index (χ0) is 11.7. The van der Waals surface area contributed by atoms with Crippen molar-refractivity contribution in [3.63, 3.8) is 0 Å². The molecular weight excluding hydrogens is 257 g/mol. The van der Waals surface area contributed by atoms with E-state index in [0.29, 0.717) is 6.54 Å². The predicted molar refractivity (Wildman–Crippen MR) is 56.8 cm³/mol. The first-order chi connectivity index (χ1) is 7.58. The first-order valence-electron chi connectivity index (χ1n) is 4.43. The third-order valence-electron chi connectivity index (χ3n) is 2.09. The zero-order valence-electron chi connectivity index (χ0n) is 7.94. The molecule has 1 aromatic rings. The van der Waals surface area contributed by atoms with Gasteiger partial charge >= 0.3 is 6.09 Å². The summed E-state index contributed by atoms with van der Waals surface area (Å²) in [5.41, 5.74) is -0.454. The van der Waals surface area contributed by atoms with Crippen molar-refractivity contribution in [3.8, 4) is 0 Å². The van der Waals surface area contributed by atoms with Crippen LogP contribution in [0.4, 0.5) is 4.79 Å². The summed E-state index contributed by atoms with van der Waals surface area (Å²) in [5, 5.41) is 2.30. The third-order valence-corrected chi connectivity index (χ3v) is 2.81. The van der Waals surface area contributed by atoms with Crippen LogP contribution in [0.5, 0.6) is 0 Å². The van der Waals surface area contributed by atoms with Crippen molar-refractivity contribution < 1.29 is 9.53 Å². The molecule has 1 aliphatic rings. The molecule has 1 amide bonds. The lowest BCUT2D eigenvalue weighted by molar-refractivity contribution is 0.130. The van der Waals surface area contributed by atoms with E-state index in [9.17, 15) is 9.59 Å². The summed E-state index contributed by atoms with van der Waals surface area (Å²) in [4.78, 5) is 26.1. The van der Waals surface area contributed by atoms with E-state index in [0.717, 1.165) is 0 Å². The molecule has 1 N–H and O–H groups in total. The Morgan fingerprint density at radius 3 is 2.94 bits per heavy atom. The second kappa shape index (κ2) is 4.31. The largest absolute Gasteiger partial charge is 0.442 e. The fourth-order valence-electron chi connectivity index (χ4n) is 1.33. The van der Waals surface area contributed by atoms with Gasteiger partial charge in [-0.2, -0.15) is 0 Å². The summed E-state index contributed by atoms with van der Waals surface area (Å²) >= 11 is 11.2. The van der Waals surface area contributed by atoms with Gasteiger partial charge in [-0.3, -0.25) is 9.36 Å². The number of carbonyl (C=O) groups excluding carboxylic acids is 1. The molecule has 0 radical (unpaired) electrons. The quantitative estimate of drug-likeness (QED) is 0.796. The Morgan fingerprint density at radius 1 is 1.56 bits per heavy atom. The van der Waals surface area contributed by atoms with Crippen LogP contribution in [-0.4, -0.2) is 28.3 Å². The first kappa shape index (κ1) is 11.2. The Hall–Kier alpha value is -1.27. The highest BCUT2D eigenvalue weighted by atomic mass is 35.5. The molecule has 86 valence electrons. The van der Waals surface area contributed by atoms with E-state index < -0.39 is 17.8 Å². The Morgan fingerprint density at radius 2 is 2.31 bits per heavy atom. The van der Waals surface area contributed by atoms with Gasteiger partial charge in [-0.05, 0) is 0 Å². The number of aromatic nitrogens is 2. The molecule has 2 heterocycles. The minimum atomic E-state index is -0.494. The number of alkyl carbamates (subject to hydrolysis) is 1. The Labute approximate surface area is 100 Å². The lowest BCUT2D eigenvalue weighted by Gasteiger charge is -2.10. The van der Waals surface area contributed by atoms with Gasteiger partial charge in [0.2, 0.25) is 0 Å². The average molecular weight is 264 g/mol. The Balaban J connectivity index is 2.19. The summed E-state index contributed by atoms with van der Waals surface area (Å²) < 4.78 is 6.13. The van der Waals surface area contributed by atoms with Crippen molar-refractivity contribution in [2.24, 2.45) is 0 Å². The summed E-state index contributed by atoms with van der Waals surface area (Å²) in [6.45, 7) is 0.549. The number of cyclic esters (lactones) is 1. The van der Waals surface area contributed by atoms with Crippen LogP contribution in [0.2, 0.25) is 10.2 Å². The Bertz CT molecular complexity index is 488. The van der Waals surface area contributed by atoms with Crippen LogP contribution in [0.1, 0.15) is 0 Å². The van der Waals surface area contributed by atoms with Crippen molar-refractivity contribution in [2.75, 3.05) is 6.54 Å². The Kier molecular flexibility index (Phi) is 3.02. The molecule has 8 heteroatoms. The normalized spacial score (nSPS) is 19.4. The van der Waals surface area contributed by atoms with Crippen LogP contribution in [0.3, 0.4) is 0 Å². The molecule has 2 rings (SSSR count). The standard InChI is InChI=1S/C8H7Cl2N3O3/c9-5-6(10)12-3-13(7(5)14)2-4-1-11-8(15)16-4/h3-4H,1-2H2,(H,11,15). The number of ether oxygens (including phenoxy) is 1. The maximum atomic E-state index is 11.6. The van der Waals surface area contributed by atoms with Crippen LogP contribution in [-0.2, 0) is 11.3 Å². The van der Waals surface area contributed by atoms with Crippen LogP contribution < -0.4 is 10.9 Å². The third kappa shape index (κ3) is 2.12. The second-order valence-electron chi connectivity index (χ2n) is 3.22. The molecule has 0 saturated carbocycles. The van der Waals surface area contributed by atoms with Crippen LogP contribution >= 0.6 is 23.2 Å². The molecule has 0 aromatic carbocycles. The number of rotatable bonds is 2. The second-order valence-corrected chi connectivity index (χ2v) is 3.95. The van der Waals surface area contributed by atoms with Gasteiger partial charge in [-0.25, -0.2) is 9.78 Å². The van der Waals surface area contributed by atoms with Gasteiger partial charge in [0, 0.05) is 0 Å². The van der Waals surface area contributed by atoms with E-state index in [4.69, 9.17) is 27.9 Å². The fourth-order valence-corrected chi connectivity index (χ4v) is 1.61. The molecule has 1 saturated heterocycles. The van der Waals surface area contributed by atoms with E-state index >= 15 is 0 Å². The SMILES string of the molecule is O=C1NCC(Cn2cnc(Cl)c(Cl)c2=O)O1. The maximum absolute atomic E-state index is 11.6. The highest BCUT2D eigenvalue weighted by molar-refractivity contribution is 6.40. The molecule has 1 unspecified atom stereocenters. The topological polar surface area (TPSA) is 73.2 Å². The molecule has 1 fully saturated rings. The van der Waals surface area contributed by atoms with Crippen molar-refractivity contribution in [2.45, 2.75) is 12.6 Å². The molecular formula is C8H7Cl2N3O3. The molecule has 1 aliphatic heterocycles. The van der Waals surface area contributed by atoms with Crippen LogP contribution in [0.25, 0.3) is 0 Å². The summed E-state index contributed by atoms with van der Waals surface area (Å²) in [6, 6.07) is 0. The van der Waals surface area contributed by atoms with Gasteiger partial charge in [0.05, 0.1) is 19.4 Å². The van der Waals surface area contributed by atoms with Crippen molar-refractivity contribution in [3.05, 3.63) is 26.9 Å². The number of amides is 1. The number of halogens is 2. The molecule has 1 atom stereocenters. The van der Waals surface area contributed by atoms with Crippen LogP contribution in [0, 0.1) is 0 Å². The molecule has 6 nitrogen and oxygen atoms in total. The number of carbonyl (C=O) groups is 1. The smallest absolute Gasteiger partial charge is 0.407 e. The summed E-state index contributed by atoms with van der Waals surface area (Å²) in [5.74, 6) is 0. The summed E-state index contributed by atoms with van der Waals surface area (Å²) in [6.07, 6.45) is 0.373. The average Bonchev–Trinajstić information content (AvgIpc) is 2.65. The fraction of sp³-hybridized carbons (Fsp3) is 0.375. The van der Waals surface area contributed by atoms with Gasteiger partial charge in [0.25, 0.3) is 5.56 Å². The lowest BCUT2D eigenvalue weighted by Crippen LogP contribution is -2.29. The van der Waals surface area contributed by atoms with Gasteiger partial charge in [-0.15, -0.1) is 0 Å². The lowest BCUT2D eigenvalue weighted by atomic mass is 10.3. The van der Waals surface area contributed by atoms with Gasteiger partial charge in [-0.1, -0.05) is 23.2 Å². The van der Waals surface area contributed by atoms with E-state index in [1.54, 1.807) is 0 Å². The van der Waals surface area contributed by atoms with E-state index in [1.165, 1.54) is 10.9 Å². The molecule has 0 spiro atoms. The number of nitrogens with one attached hydrogen (secondary N) is 1. The summed E-state index contributed by atoms with van der Waals surface area (Å²) in [7, 11) is 0. The van der Waals surface area contributed by atoms with Gasteiger partial charge < -0.3 is 10.1 Å². The first-order valence-corrected chi connectivity index (χ1v) is 5.18. The predicted octanol–water partition coefficient (Wildman–Crippen LogP) is 0.658. The number of hydrogen-bond donors (Lipinski definition) is 1. The van der Waals surface area contributed by atoms with Crippen molar-refractivity contribution >= 4 is 29.3 Å². The minimum absolute atomic E-state index is 0.0375. The van der Waals surface area contributed by atoms with E-state index in [1.807, 2.05) is 0 Å². The van der Waals surface area contributed by atoms with E-state index in [2.05, 4.69) is 10.3 Å². The zero-order valence-corrected chi connectivity index (χ0v) is 9.46. The highest BCUT2D eigenvalue weighted by Gasteiger charge is 2.23. The van der Waals surface area contributed by atoms with Gasteiger partial charge in [0.15, 0.2) is 5.15 Å².